The van der Waals surface area contributed by atoms with Crippen molar-refractivity contribution in [1.82, 2.24) is 0 Å². The maximum absolute atomic E-state index is 12.1. The van der Waals surface area contributed by atoms with E-state index in [1.807, 2.05) is 6.07 Å². The number of Topliss-reactive ketones (excluding diaryl/α,β-unsaturated/α-hetero) is 1. The highest BCUT2D eigenvalue weighted by molar-refractivity contribution is 7.19. The Morgan fingerprint density at radius 3 is 2.61 bits per heavy atom. The fourth-order valence-corrected chi connectivity index (χ4v) is 2.46. The number of nitrogens with zero attached hydrogens (tertiary/aromatic N) is 1. The molecule has 0 amide bonds. The van der Waals surface area contributed by atoms with Crippen LogP contribution in [0.2, 0.25) is 0 Å². The van der Waals surface area contributed by atoms with Crippen molar-refractivity contribution in [1.29, 1.82) is 5.26 Å². The minimum Gasteiger partial charge on any atom is -0.396 e. The molecule has 0 radical (unpaired) electrons. The lowest BCUT2D eigenvalue weighted by atomic mass is 10.1. The zero-order valence-corrected chi connectivity index (χ0v) is 10.8. The number of nitriles is 1. The monoisotopic (exact) mass is 273 g/mol. The first-order valence-electron chi connectivity index (χ1n) is 5.27. The van der Waals surface area contributed by atoms with E-state index in [1.165, 1.54) is 0 Å². The van der Waals surface area contributed by atoms with E-state index in [4.69, 9.17) is 11.0 Å². The Hall–Kier alpha value is -1.68. The Balaban J connectivity index is 3.10. The van der Waals surface area contributed by atoms with Crippen LogP contribution >= 0.6 is 11.3 Å². The number of nitrogens with one attached hydrogen (secondary N) is 1. The van der Waals surface area contributed by atoms with Crippen LogP contribution in [0.25, 0.3) is 0 Å². The Morgan fingerprint density at radius 2 is 2.17 bits per heavy atom. The van der Waals surface area contributed by atoms with Gasteiger partial charge in [0.15, 0.2) is 5.78 Å². The second-order valence-electron chi connectivity index (χ2n) is 3.95. The predicted molar refractivity (Wildman–Crippen MR) is 67.1 cm³/mol. The molecule has 0 aliphatic rings. The molecule has 0 fully saturated rings. The molecule has 1 rings (SSSR count). The summed E-state index contributed by atoms with van der Waals surface area (Å²) >= 11 is 0.948. The number of carbonyl (C=O) groups is 1. The second-order valence-corrected chi connectivity index (χ2v) is 4.97. The highest BCUT2D eigenvalue weighted by Gasteiger charge is 2.23. The lowest BCUT2D eigenvalue weighted by Crippen LogP contribution is -2.09. The number of hydrogen-bond donors (Lipinski definition) is 2. The summed E-state index contributed by atoms with van der Waals surface area (Å²) in [6.45, 7) is 2.84. The van der Waals surface area contributed by atoms with Crippen molar-refractivity contribution < 1.29 is 13.6 Å². The molecule has 4 nitrogen and oxygen atoms in total. The van der Waals surface area contributed by atoms with Crippen molar-refractivity contribution in [2.24, 2.45) is 5.92 Å². The van der Waals surface area contributed by atoms with Crippen molar-refractivity contribution in [2.75, 3.05) is 17.6 Å². The van der Waals surface area contributed by atoms with Crippen LogP contribution in [0.5, 0.6) is 0 Å². The SMILES string of the molecule is CC(C)C(=O)c1sc(NCC(F)F)c(C#N)c1N. The molecule has 0 saturated carbocycles. The Labute approximate surface area is 107 Å². The van der Waals surface area contributed by atoms with Crippen molar-refractivity contribution in [2.45, 2.75) is 20.3 Å². The molecule has 1 aromatic rings. The third kappa shape index (κ3) is 2.96. The van der Waals surface area contributed by atoms with Crippen LogP contribution < -0.4 is 11.1 Å². The fourth-order valence-electron chi connectivity index (χ4n) is 1.29. The number of alkyl halides is 2. The molecular weight excluding hydrogens is 260 g/mol. The van der Waals surface area contributed by atoms with Gasteiger partial charge in [0.05, 0.1) is 17.1 Å². The summed E-state index contributed by atoms with van der Waals surface area (Å²) in [6.07, 6.45) is -2.54. The summed E-state index contributed by atoms with van der Waals surface area (Å²) in [7, 11) is 0. The van der Waals surface area contributed by atoms with Crippen molar-refractivity contribution >= 4 is 27.8 Å². The summed E-state index contributed by atoms with van der Waals surface area (Å²) in [5.74, 6) is -0.459. The number of hydrogen-bond acceptors (Lipinski definition) is 5. The summed E-state index contributed by atoms with van der Waals surface area (Å²) < 4.78 is 24.2. The molecule has 0 bridgehead atoms. The lowest BCUT2D eigenvalue weighted by Gasteiger charge is -2.02. The Kier molecular flexibility index (Phi) is 4.62. The smallest absolute Gasteiger partial charge is 0.255 e. The molecule has 1 heterocycles. The number of nitrogen functional groups attached to an aromatic ring is 1. The topological polar surface area (TPSA) is 78.9 Å². The van der Waals surface area contributed by atoms with Gasteiger partial charge in [-0.25, -0.2) is 8.78 Å². The first kappa shape index (κ1) is 14.4. The van der Waals surface area contributed by atoms with E-state index >= 15 is 0 Å². The molecule has 0 atom stereocenters. The van der Waals surface area contributed by atoms with Gasteiger partial charge in [0, 0.05) is 5.92 Å². The number of anilines is 2. The average Bonchev–Trinajstić information content (AvgIpc) is 2.61. The minimum atomic E-state index is -2.54. The van der Waals surface area contributed by atoms with Crippen LogP contribution in [-0.4, -0.2) is 18.8 Å². The molecule has 7 heteroatoms. The number of rotatable bonds is 5. The van der Waals surface area contributed by atoms with E-state index in [0.717, 1.165) is 11.3 Å². The molecule has 98 valence electrons. The molecule has 0 aromatic carbocycles. The van der Waals surface area contributed by atoms with Crippen molar-refractivity contribution in [3.05, 3.63) is 10.4 Å². The Bertz CT molecular complexity index is 491. The van der Waals surface area contributed by atoms with Gasteiger partial charge in [0.1, 0.15) is 16.6 Å². The zero-order valence-electron chi connectivity index (χ0n) is 9.96. The maximum Gasteiger partial charge on any atom is 0.255 e. The number of carbonyl (C=O) groups excluding carboxylic acids is 1. The number of thiophene rings is 1. The van der Waals surface area contributed by atoms with Crippen LogP contribution in [0.1, 0.15) is 29.1 Å². The van der Waals surface area contributed by atoms with E-state index in [0.29, 0.717) is 0 Å². The van der Waals surface area contributed by atoms with Gasteiger partial charge in [0.25, 0.3) is 6.43 Å². The van der Waals surface area contributed by atoms with Gasteiger partial charge in [-0.3, -0.25) is 4.79 Å². The first-order chi connectivity index (χ1) is 8.38. The van der Waals surface area contributed by atoms with Crippen LogP contribution in [0.4, 0.5) is 19.5 Å². The predicted octanol–water partition coefficient (Wildman–Crippen LogP) is 2.72. The molecule has 18 heavy (non-hydrogen) atoms. The van der Waals surface area contributed by atoms with Crippen molar-refractivity contribution in [3.63, 3.8) is 0 Å². The molecule has 0 unspecified atom stereocenters. The largest absolute Gasteiger partial charge is 0.396 e. The number of ketones is 1. The summed E-state index contributed by atoms with van der Waals surface area (Å²) in [4.78, 5) is 12.1. The van der Waals surface area contributed by atoms with E-state index in [1.54, 1.807) is 13.8 Å². The summed E-state index contributed by atoms with van der Waals surface area (Å²) in [6, 6.07) is 1.83. The normalized spacial score (nSPS) is 10.7. The standard InChI is InChI=1S/C11H13F2N3OS/c1-5(2)9(17)10-8(15)6(3-14)11(18-10)16-4-7(12)13/h5,7,16H,4,15H2,1-2H3. The quantitative estimate of drug-likeness (QED) is 0.808. The van der Waals surface area contributed by atoms with E-state index in [9.17, 15) is 13.6 Å². The zero-order chi connectivity index (χ0) is 13.9. The van der Waals surface area contributed by atoms with Crippen LogP contribution in [0.15, 0.2) is 0 Å². The molecule has 3 N–H and O–H groups in total. The third-order valence-electron chi connectivity index (χ3n) is 2.22. The minimum absolute atomic E-state index is 0.0599. The van der Waals surface area contributed by atoms with Gasteiger partial charge in [-0.1, -0.05) is 13.8 Å². The van der Waals surface area contributed by atoms with Crippen molar-refractivity contribution in [3.8, 4) is 6.07 Å². The average molecular weight is 273 g/mol. The highest BCUT2D eigenvalue weighted by atomic mass is 32.1. The van der Waals surface area contributed by atoms with Crippen LogP contribution in [-0.2, 0) is 0 Å². The maximum atomic E-state index is 12.1. The first-order valence-corrected chi connectivity index (χ1v) is 6.08. The molecular formula is C11H13F2N3OS. The lowest BCUT2D eigenvalue weighted by molar-refractivity contribution is 0.0944. The molecule has 0 saturated heterocycles. The number of halogens is 2. The van der Waals surface area contributed by atoms with Gasteiger partial charge in [0.2, 0.25) is 0 Å². The number of nitrogens with two attached hydrogens (primary N) is 1. The van der Waals surface area contributed by atoms with Gasteiger partial charge in [-0.05, 0) is 0 Å². The third-order valence-corrected chi connectivity index (χ3v) is 3.40. The van der Waals surface area contributed by atoms with Gasteiger partial charge >= 0.3 is 0 Å². The van der Waals surface area contributed by atoms with Gasteiger partial charge < -0.3 is 11.1 Å². The van der Waals surface area contributed by atoms with E-state index in [2.05, 4.69) is 5.32 Å². The fraction of sp³-hybridized carbons (Fsp3) is 0.455. The second kappa shape index (κ2) is 5.78. The summed E-state index contributed by atoms with van der Waals surface area (Å²) in [5, 5.41) is 11.6. The Morgan fingerprint density at radius 1 is 1.56 bits per heavy atom. The van der Waals surface area contributed by atoms with Crippen LogP contribution in [0, 0.1) is 17.2 Å². The molecule has 0 aliphatic heterocycles. The van der Waals surface area contributed by atoms with Gasteiger partial charge in [-0.2, -0.15) is 5.26 Å². The van der Waals surface area contributed by atoms with E-state index < -0.39 is 13.0 Å². The summed E-state index contributed by atoms with van der Waals surface area (Å²) in [5.41, 5.74) is 5.83. The van der Waals surface area contributed by atoms with Gasteiger partial charge in [-0.15, -0.1) is 11.3 Å². The molecule has 0 spiro atoms. The molecule has 0 aliphatic carbocycles. The molecule has 1 aromatic heterocycles. The van der Waals surface area contributed by atoms with Crippen LogP contribution in [0.3, 0.4) is 0 Å². The highest BCUT2D eigenvalue weighted by Crippen LogP contribution is 2.36. The van der Waals surface area contributed by atoms with E-state index in [-0.39, 0.29) is 32.8 Å².